The van der Waals surface area contributed by atoms with Gasteiger partial charge in [0, 0.05) is 18.2 Å². The zero-order chi connectivity index (χ0) is 19.6. The van der Waals surface area contributed by atoms with E-state index in [9.17, 15) is 13.2 Å². The highest BCUT2D eigenvalue weighted by atomic mass is 32.2. The summed E-state index contributed by atoms with van der Waals surface area (Å²) in [6.07, 6.45) is 1.05. The Hall–Kier alpha value is -2.08. The average Bonchev–Trinajstić information content (AvgIpc) is 2.79. The molecule has 1 N–H and O–H groups in total. The number of hydrogen-bond acceptors (Lipinski definition) is 3. The highest BCUT2D eigenvalue weighted by molar-refractivity contribution is 7.91. The Bertz CT molecular complexity index is 908. The van der Waals surface area contributed by atoms with Crippen LogP contribution < -0.4 is 5.32 Å². The summed E-state index contributed by atoms with van der Waals surface area (Å²) in [5.74, 6) is 0.196. The third-order valence-electron chi connectivity index (χ3n) is 4.55. The number of anilines is 1. The summed E-state index contributed by atoms with van der Waals surface area (Å²) >= 11 is 0. The van der Waals surface area contributed by atoms with Crippen LogP contribution in [0.5, 0.6) is 0 Å². The summed E-state index contributed by atoms with van der Waals surface area (Å²) in [5.41, 5.74) is 2.51. The van der Waals surface area contributed by atoms with E-state index in [1.807, 2.05) is 39.2 Å². The van der Waals surface area contributed by atoms with Gasteiger partial charge < -0.3 is 9.88 Å². The van der Waals surface area contributed by atoms with Crippen molar-refractivity contribution in [2.24, 2.45) is 0 Å². The highest BCUT2D eigenvalue weighted by Gasteiger charge is 2.31. The van der Waals surface area contributed by atoms with Crippen molar-refractivity contribution in [3.63, 3.8) is 0 Å². The number of hydrogen-bond donors (Lipinski definition) is 1. The van der Waals surface area contributed by atoms with Gasteiger partial charge in [0.15, 0.2) is 0 Å². The van der Waals surface area contributed by atoms with Gasteiger partial charge in [0.25, 0.3) is 0 Å². The minimum absolute atomic E-state index is 0.0209. The van der Waals surface area contributed by atoms with Crippen LogP contribution in [-0.4, -0.2) is 18.9 Å². The van der Waals surface area contributed by atoms with E-state index in [1.165, 1.54) is 0 Å². The lowest BCUT2D eigenvalue weighted by Crippen LogP contribution is -2.18. The first-order valence-electron chi connectivity index (χ1n) is 8.94. The first-order chi connectivity index (χ1) is 12.1. The van der Waals surface area contributed by atoms with Crippen LogP contribution in [0.2, 0.25) is 0 Å². The molecule has 1 heterocycles. The molecule has 0 aliphatic heterocycles. The maximum atomic E-state index is 13.3. The lowest BCUT2D eigenvalue weighted by molar-refractivity contribution is -0.116. The van der Waals surface area contributed by atoms with E-state index < -0.39 is 9.84 Å². The van der Waals surface area contributed by atoms with E-state index in [2.05, 4.69) is 5.32 Å². The molecule has 0 bridgehead atoms. The van der Waals surface area contributed by atoms with Crippen molar-refractivity contribution < 1.29 is 13.2 Å². The number of nitrogens with one attached hydrogen (secondary N) is 1. The maximum absolute atomic E-state index is 13.3. The molecule has 0 spiro atoms. The molecule has 0 saturated heterocycles. The number of amides is 1. The standard InChI is InChI=1S/C20H28N2O3S/c1-7-8-18(23)21-20-19(15(5)16(6)22(20)13(2)3)26(24,25)17-11-9-14(4)10-12-17/h9-13H,7-8H2,1-6H3,(H,21,23). The van der Waals surface area contributed by atoms with Crippen LogP contribution in [0.3, 0.4) is 0 Å². The molecule has 0 atom stereocenters. The van der Waals surface area contributed by atoms with Gasteiger partial charge in [-0.2, -0.15) is 0 Å². The van der Waals surface area contributed by atoms with Gasteiger partial charge in [-0.1, -0.05) is 24.6 Å². The summed E-state index contributed by atoms with van der Waals surface area (Å²) in [4.78, 5) is 12.7. The molecule has 1 aromatic carbocycles. The number of aromatic nitrogens is 1. The minimum atomic E-state index is -3.75. The second-order valence-electron chi connectivity index (χ2n) is 6.97. The summed E-state index contributed by atoms with van der Waals surface area (Å²) in [6.45, 7) is 11.5. The van der Waals surface area contributed by atoms with Gasteiger partial charge in [-0.05, 0) is 58.7 Å². The topological polar surface area (TPSA) is 68.2 Å². The van der Waals surface area contributed by atoms with Gasteiger partial charge in [0.1, 0.15) is 10.7 Å². The number of carbonyl (C=O) groups excluding carboxylic acids is 1. The number of benzene rings is 1. The Morgan fingerprint density at radius 3 is 2.19 bits per heavy atom. The third-order valence-corrected chi connectivity index (χ3v) is 6.48. The molecule has 2 aromatic rings. The second-order valence-corrected chi connectivity index (χ2v) is 8.85. The first kappa shape index (κ1) is 20.2. The van der Waals surface area contributed by atoms with Crippen molar-refractivity contribution in [3.05, 3.63) is 41.1 Å². The normalized spacial score (nSPS) is 11.8. The minimum Gasteiger partial charge on any atom is -0.328 e. The van der Waals surface area contributed by atoms with Crippen LogP contribution in [0.1, 0.15) is 56.5 Å². The lowest BCUT2D eigenvalue weighted by Gasteiger charge is -2.17. The Kier molecular flexibility index (Phi) is 5.96. The zero-order valence-corrected chi connectivity index (χ0v) is 17.2. The quantitative estimate of drug-likeness (QED) is 0.803. The molecule has 0 unspecified atom stereocenters. The summed E-state index contributed by atoms with van der Waals surface area (Å²) < 4.78 is 28.6. The van der Waals surface area contributed by atoms with E-state index >= 15 is 0 Å². The predicted octanol–water partition coefficient (Wildman–Crippen LogP) is 4.57. The van der Waals surface area contributed by atoms with E-state index in [0.29, 0.717) is 24.2 Å². The smallest absolute Gasteiger partial charge is 0.225 e. The number of aryl methyl sites for hydroxylation is 1. The highest BCUT2D eigenvalue weighted by Crippen LogP contribution is 2.37. The van der Waals surface area contributed by atoms with Crippen molar-refractivity contribution in [3.8, 4) is 0 Å². The Labute approximate surface area is 156 Å². The largest absolute Gasteiger partial charge is 0.328 e. The van der Waals surface area contributed by atoms with E-state index in [1.54, 1.807) is 31.2 Å². The Morgan fingerprint density at radius 2 is 1.69 bits per heavy atom. The second kappa shape index (κ2) is 7.66. The third kappa shape index (κ3) is 3.70. The van der Waals surface area contributed by atoms with Crippen molar-refractivity contribution >= 4 is 21.6 Å². The Balaban J connectivity index is 2.72. The fourth-order valence-electron chi connectivity index (χ4n) is 3.15. The van der Waals surface area contributed by atoms with E-state index in [4.69, 9.17) is 0 Å². The van der Waals surface area contributed by atoms with Crippen LogP contribution in [0.15, 0.2) is 34.1 Å². The summed E-state index contributed by atoms with van der Waals surface area (Å²) in [7, 11) is -3.75. The molecule has 1 aromatic heterocycles. The molecule has 5 nitrogen and oxygen atoms in total. The fourth-order valence-corrected chi connectivity index (χ4v) is 4.83. The van der Waals surface area contributed by atoms with Crippen LogP contribution in [0.25, 0.3) is 0 Å². The SMILES string of the molecule is CCCC(=O)Nc1c(S(=O)(=O)c2ccc(C)cc2)c(C)c(C)n1C(C)C. The maximum Gasteiger partial charge on any atom is 0.225 e. The van der Waals surface area contributed by atoms with Gasteiger partial charge in [-0.25, -0.2) is 8.42 Å². The van der Waals surface area contributed by atoms with Crippen molar-refractivity contribution in [2.75, 3.05) is 5.32 Å². The van der Waals surface area contributed by atoms with Crippen LogP contribution in [0.4, 0.5) is 5.82 Å². The van der Waals surface area contributed by atoms with Gasteiger partial charge in [-0.3, -0.25) is 4.79 Å². The number of rotatable bonds is 6. The van der Waals surface area contributed by atoms with E-state index in [-0.39, 0.29) is 21.7 Å². The summed E-state index contributed by atoms with van der Waals surface area (Å²) in [6, 6.07) is 6.81. The molecular formula is C20H28N2O3S. The van der Waals surface area contributed by atoms with Gasteiger partial charge >= 0.3 is 0 Å². The molecule has 1 amide bonds. The molecule has 0 aliphatic rings. The molecular weight excluding hydrogens is 348 g/mol. The first-order valence-corrected chi connectivity index (χ1v) is 10.4. The summed E-state index contributed by atoms with van der Waals surface area (Å²) in [5, 5.41) is 2.86. The van der Waals surface area contributed by atoms with Gasteiger partial charge in [-0.15, -0.1) is 0 Å². The monoisotopic (exact) mass is 376 g/mol. The van der Waals surface area contributed by atoms with Crippen molar-refractivity contribution in [1.82, 2.24) is 4.57 Å². The average molecular weight is 377 g/mol. The molecule has 0 aliphatic carbocycles. The van der Waals surface area contributed by atoms with Gasteiger partial charge in [0.05, 0.1) is 4.90 Å². The molecule has 0 radical (unpaired) electrons. The molecule has 0 fully saturated rings. The predicted molar refractivity (Wildman–Crippen MR) is 104 cm³/mol. The van der Waals surface area contributed by atoms with E-state index in [0.717, 1.165) is 11.3 Å². The Morgan fingerprint density at radius 1 is 1.12 bits per heavy atom. The van der Waals surface area contributed by atoms with Gasteiger partial charge in [0.2, 0.25) is 15.7 Å². The van der Waals surface area contributed by atoms with Crippen LogP contribution in [0, 0.1) is 20.8 Å². The lowest BCUT2D eigenvalue weighted by atomic mass is 10.2. The number of carbonyl (C=O) groups is 1. The molecule has 26 heavy (non-hydrogen) atoms. The molecule has 6 heteroatoms. The molecule has 142 valence electrons. The molecule has 2 rings (SSSR count). The zero-order valence-electron chi connectivity index (χ0n) is 16.4. The fraction of sp³-hybridized carbons (Fsp3) is 0.450. The number of sulfone groups is 1. The van der Waals surface area contributed by atoms with Crippen LogP contribution >= 0.6 is 0 Å². The molecule has 0 saturated carbocycles. The van der Waals surface area contributed by atoms with Crippen molar-refractivity contribution in [1.29, 1.82) is 0 Å². The van der Waals surface area contributed by atoms with Crippen LogP contribution in [-0.2, 0) is 14.6 Å². The number of nitrogens with zero attached hydrogens (tertiary/aromatic N) is 1. The van der Waals surface area contributed by atoms with Crippen molar-refractivity contribution in [2.45, 2.75) is 70.2 Å².